The fourth-order valence-electron chi connectivity index (χ4n) is 6.34. The van der Waals surface area contributed by atoms with Crippen LogP contribution >= 0.6 is 0 Å². The SMILES string of the molecule is CCCCCC[C@H]1OC(=O)CNC(=O)[C@H]([C@H](C)O)NC(=O)[C@H](CN)NC(=O)[C@H](C2CCCCC2)NC(=O)[C@H](CCC)N(C)C(=O)[C@@H]1C. The van der Waals surface area contributed by atoms with Gasteiger partial charge in [-0.2, -0.15) is 0 Å². The molecular formula is C33H58N6O8. The average molecular weight is 667 g/mol. The zero-order chi connectivity index (χ0) is 35.1. The minimum absolute atomic E-state index is 0.201. The third-order valence-electron chi connectivity index (χ3n) is 9.29. The van der Waals surface area contributed by atoms with E-state index in [-0.39, 0.29) is 18.4 Å². The van der Waals surface area contributed by atoms with Crippen molar-refractivity contribution in [2.75, 3.05) is 20.1 Å². The first-order valence-electron chi connectivity index (χ1n) is 17.4. The molecule has 0 spiro atoms. The largest absolute Gasteiger partial charge is 0.460 e. The van der Waals surface area contributed by atoms with E-state index in [0.29, 0.717) is 38.5 Å². The topological polar surface area (TPSA) is 209 Å². The highest BCUT2D eigenvalue weighted by molar-refractivity contribution is 5.96. The molecule has 14 heteroatoms. The van der Waals surface area contributed by atoms with Gasteiger partial charge in [-0.25, -0.2) is 0 Å². The molecule has 7 N–H and O–H groups in total. The molecule has 1 aliphatic carbocycles. The number of carbonyl (C=O) groups is 6. The van der Waals surface area contributed by atoms with Crippen LogP contribution in [0.4, 0.5) is 0 Å². The Morgan fingerprint density at radius 3 is 2.15 bits per heavy atom. The third kappa shape index (κ3) is 12.0. The molecule has 0 aromatic heterocycles. The van der Waals surface area contributed by atoms with Crippen LogP contribution in [0.5, 0.6) is 0 Å². The first kappa shape index (κ1) is 39.9. The number of rotatable bonds is 10. The lowest BCUT2D eigenvalue weighted by Gasteiger charge is -2.35. The van der Waals surface area contributed by atoms with Gasteiger partial charge in [-0.3, -0.25) is 28.8 Å². The van der Waals surface area contributed by atoms with Crippen molar-refractivity contribution in [2.24, 2.45) is 17.6 Å². The van der Waals surface area contributed by atoms with Gasteiger partial charge < -0.3 is 41.7 Å². The van der Waals surface area contributed by atoms with Gasteiger partial charge in [0.1, 0.15) is 36.8 Å². The molecule has 1 saturated carbocycles. The van der Waals surface area contributed by atoms with Crippen LogP contribution in [-0.4, -0.2) is 102 Å². The Morgan fingerprint density at radius 1 is 0.872 bits per heavy atom. The van der Waals surface area contributed by atoms with Crippen LogP contribution in [0.1, 0.15) is 105 Å². The molecule has 1 saturated heterocycles. The summed E-state index contributed by atoms with van der Waals surface area (Å²) >= 11 is 0. The number of ether oxygens (including phenoxy) is 1. The summed E-state index contributed by atoms with van der Waals surface area (Å²) in [5.41, 5.74) is 5.86. The molecule has 14 nitrogen and oxygen atoms in total. The van der Waals surface area contributed by atoms with Crippen molar-refractivity contribution in [1.82, 2.24) is 26.2 Å². The highest BCUT2D eigenvalue weighted by Gasteiger charge is 2.39. The summed E-state index contributed by atoms with van der Waals surface area (Å²) in [6.45, 7) is 6.03. The lowest BCUT2D eigenvalue weighted by molar-refractivity contribution is -0.157. The number of nitrogens with one attached hydrogen (secondary N) is 4. The number of hydrogen-bond acceptors (Lipinski definition) is 9. The molecular weight excluding hydrogens is 608 g/mol. The van der Waals surface area contributed by atoms with E-state index in [4.69, 9.17) is 10.5 Å². The van der Waals surface area contributed by atoms with Crippen molar-refractivity contribution < 1.29 is 38.6 Å². The van der Waals surface area contributed by atoms with Gasteiger partial charge in [-0.15, -0.1) is 0 Å². The van der Waals surface area contributed by atoms with E-state index >= 15 is 0 Å². The van der Waals surface area contributed by atoms with Crippen molar-refractivity contribution in [3.63, 3.8) is 0 Å². The van der Waals surface area contributed by atoms with Crippen molar-refractivity contribution >= 4 is 35.5 Å². The predicted molar refractivity (Wildman–Crippen MR) is 175 cm³/mol. The van der Waals surface area contributed by atoms with Crippen molar-refractivity contribution in [1.29, 1.82) is 0 Å². The number of esters is 1. The number of amides is 5. The second kappa shape index (κ2) is 20.2. The van der Waals surface area contributed by atoms with Gasteiger partial charge in [0, 0.05) is 13.6 Å². The van der Waals surface area contributed by atoms with Crippen LogP contribution in [0.25, 0.3) is 0 Å². The number of nitrogens with two attached hydrogens (primary N) is 1. The average Bonchev–Trinajstić information content (AvgIpc) is 3.06. The van der Waals surface area contributed by atoms with Gasteiger partial charge in [0.05, 0.1) is 12.0 Å². The highest BCUT2D eigenvalue weighted by Crippen LogP contribution is 2.27. The van der Waals surface area contributed by atoms with Crippen LogP contribution in [0.15, 0.2) is 0 Å². The van der Waals surface area contributed by atoms with Crippen LogP contribution in [0, 0.1) is 11.8 Å². The normalized spacial score (nSPS) is 29.0. The number of cyclic esters (lactones) is 1. The summed E-state index contributed by atoms with van der Waals surface area (Å²) in [5, 5.41) is 20.7. The Kier molecular flexibility index (Phi) is 17.1. The molecule has 0 aromatic carbocycles. The second-order valence-corrected chi connectivity index (χ2v) is 13.0. The Morgan fingerprint density at radius 2 is 1.55 bits per heavy atom. The molecule has 2 fully saturated rings. The molecule has 2 rings (SSSR count). The smallest absolute Gasteiger partial charge is 0.325 e. The van der Waals surface area contributed by atoms with Gasteiger partial charge >= 0.3 is 5.97 Å². The van der Waals surface area contributed by atoms with E-state index in [1.54, 1.807) is 6.92 Å². The predicted octanol–water partition coefficient (Wildman–Crippen LogP) is 0.636. The summed E-state index contributed by atoms with van der Waals surface area (Å²) in [6, 6.07) is -4.63. The fourth-order valence-corrected chi connectivity index (χ4v) is 6.34. The Bertz CT molecular complexity index is 1070. The maximum atomic E-state index is 13.9. The molecule has 0 bridgehead atoms. The van der Waals surface area contributed by atoms with Gasteiger partial charge in [0.2, 0.25) is 29.5 Å². The van der Waals surface area contributed by atoms with E-state index in [2.05, 4.69) is 28.2 Å². The van der Waals surface area contributed by atoms with Crippen LogP contribution in [0.3, 0.4) is 0 Å². The lowest BCUT2D eigenvalue weighted by atomic mass is 9.83. The molecule has 7 atom stereocenters. The zero-order valence-electron chi connectivity index (χ0n) is 28.8. The Balaban J connectivity index is 2.52. The first-order valence-corrected chi connectivity index (χ1v) is 17.4. The highest BCUT2D eigenvalue weighted by atomic mass is 16.5. The quantitative estimate of drug-likeness (QED) is 0.143. The molecule has 1 aliphatic heterocycles. The molecule has 0 radical (unpaired) electrons. The molecule has 47 heavy (non-hydrogen) atoms. The van der Waals surface area contributed by atoms with Crippen LogP contribution < -0.4 is 27.0 Å². The minimum Gasteiger partial charge on any atom is -0.460 e. The second-order valence-electron chi connectivity index (χ2n) is 13.0. The first-order chi connectivity index (χ1) is 22.4. The summed E-state index contributed by atoms with van der Waals surface area (Å²) in [4.78, 5) is 82.1. The minimum atomic E-state index is -1.47. The maximum Gasteiger partial charge on any atom is 0.325 e. The van der Waals surface area contributed by atoms with Gasteiger partial charge in [-0.1, -0.05) is 65.7 Å². The fraction of sp³-hybridized carbons (Fsp3) is 0.818. The number of aliphatic hydroxyl groups excluding tert-OH is 1. The van der Waals surface area contributed by atoms with E-state index in [1.165, 1.54) is 18.9 Å². The number of unbranched alkanes of at least 4 members (excludes halogenated alkanes) is 3. The van der Waals surface area contributed by atoms with Crippen LogP contribution in [0.2, 0.25) is 0 Å². The number of carbonyl (C=O) groups excluding carboxylic acids is 6. The van der Waals surface area contributed by atoms with Crippen molar-refractivity contribution in [2.45, 2.75) is 141 Å². The molecule has 0 unspecified atom stereocenters. The van der Waals surface area contributed by atoms with Crippen molar-refractivity contribution in [3.8, 4) is 0 Å². The summed E-state index contributed by atoms with van der Waals surface area (Å²) < 4.78 is 5.74. The van der Waals surface area contributed by atoms with Gasteiger partial charge in [0.15, 0.2) is 0 Å². The number of aliphatic hydroxyl groups is 1. The molecule has 1 heterocycles. The third-order valence-corrected chi connectivity index (χ3v) is 9.29. The van der Waals surface area contributed by atoms with Crippen molar-refractivity contribution in [3.05, 3.63) is 0 Å². The summed E-state index contributed by atoms with van der Waals surface area (Å²) in [5.74, 6) is -4.94. The maximum absolute atomic E-state index is 13.9. The van der Waals surface area contributed by atoms with Gasteiger partial charge in [0.25, 0.3) is 0 Å². The van der Waals surface area contributed by atoms with Gasteiger partial charge in [-0.05, 0) is 44.9 Å². The molecule has 5 amide bonds. The van der Waals surface area contributed by atoms with E-state index < -0.39 is 78.4 Å². The van der Waals surface area contributed by atoms with E-state index in [1.807, 2.05) is 6.92 Å². The summed E-state index contributed by atoms with van der Waals surface area (Å²) in [7, 11) is 1.54. The monoisotopic (exact) mass is 666 g/mol. The molecule has 0 aromatic rings. The van der Waals surface area contributed by atoms with E-state index in [0.717, 1.165) is 38.5 Å². The zero-order valence-corrected chi connectivity index (χ0v) is 28.8. The number of nitrogens with zero attached hydrogens (tertiary/aromatic N) is 1. The van der Waals surface area contributed by atoms with E-state index in [9.17, 15) is 33.9 Å². The number of likely N-dealkylation sites (N-methyl/N-ethyl adjacent to an activating group) is 1. The Labute approximate surface area is 279 Å². The molecule has 2 aliphatic rings. The Hall–Kier alpha value is -3.26. The lowest BCUT2D eigenvalue weighted by Crippen LogP contribution is -2.62. The standard InChI is InChI=1S/C33H58N6O8/c1-6-8-9-13-17-25-20(3)33(46)39(5)24(14-7-2)30(43)38-28(22-15-11-10-12-16-22)32(45)36-23(18-34)29(42)37-27(21(4)40)31(44)35-19-26(41)47-25/h20-25,27-28,40H,6-19,34H2,1-5H3,(H,35,44)(H,36,45)(H,37,42)(H,38,43)/t20-,21+,23+,24+,25-,27+,28+/m1/s1. The number of hydrogen-bond donors (Lipinski definition) is 6. The van der Waals surface area contributed by atoms with Crippen LogP contribution in [-0.2, 0) is 33.5 Å². The molecule has 268 valence electrons. The summed E-state index contributed by atoms with van der Waals surface area (Å²) in [6.07, 6.45) is 6.84.